The second-order valence-corrected chi connectivity index (χ2v) is 8.20. The lowest BCUT2D eigenvalue weighted by atomic mass is 9.97. The van der Waals surface area contributed by atoms with Crippen molar-refractivity contribution in [3.05, 3.63) is 20.8 Å². The lowest BCUT2D eigenvalue weighted by molar-refractivity contribution is 0.643. The molecule has 130 valence electrons. The zero-order chi connectivity index (χ0) is 16.6. The normalized spacial score (nSPS) is 13.4. The van der Waals surface area contributed by atoms with Crippen LogP contribution in [0.5, 0.6) is 0 Å². The van der Waals surface area contributed by atoms with E-state index in [-0.39, 0.29) is 0 Å². The molecule has 0 N–H and O–H groups in total. The van der Waals surface area contributed by atoms with Crippen LogP contribution in [0.2, 0.25) is 0 Å². The van der Waals surface area contributed by atoms with Gasteiger partial charge in [0, 0.05) is 0 Å². The summed E-state index contributed by atoms with van der Waals surface area (Å²) in [5.74, 6) is 0. The molecule has 0 bridgehead atoms. The Morgan fingerprint density at radius 2 is 1.18 bits per heavy atom. The van der Waals surface area contributed by atoms with Gasteiger partial charge in [-0.1, -0.05) is 77.4 Å². The Morgan fingerprint density at radius 3 is 1.68 bits per heavy atom. The highest BCUT2D eigenvalue weighted by Gasteiger charge is 2.03. The summed E-state index contributed by atoms with van der Waals surface area (Å²) in [6.45, 7) is 9.17. The summed E-state index contributed by atoms with van der Waals surface area (Å²) in [5.41, 5.74) is 3.32. The number of unbranched alkanes of at least 4 members (excludes halogenated alkanes) is 7. The van der Waals surface area contributed by atoms with E-state index >= 15 is 0 Å². The van der Waals surface area contributed by atoms with Crippen molar-refractivity contribution in [3.63, 3.8) is 0 Å². The first-order chi connectivity index (χ1) is 10.7. The average Bonchev–Trinajstić information content (AvgIpc) is 2.51. The lowest BCUT2D eigenvalue weighted by Crippen LogP contribution is -1.91. The van der Waals surface area contributed by atoms with Gasteiger partial charge in [-0.3, -0.25) is 0 Å². The molecule has 0 unspecified atom stereocenters. The molecule has 0 radical (unpaired) electrons. The molecule has 0 saturated heterocycles. The quantitative estimate of drug-likeness (QED) is 0.150. The van der Waals surface area contributed by atoms with Gasteiger partial charge in [-0.2, -0.15) is 0 Å². The van der Waals surface area contributed by atoms with Gasteiger partial charge in [0.05, 0.1) is 0 Å². The van der Waals surface area contributed by atoms with E-state index in [1.165, 1.54) is 87.1 Å². The standard InChI is InChI=1S/C21H39I/c1-5-8-11-13-16-20(15-10-7-3)18-21(19(4)22)17-14-12-9-6-2/h18H,5-17H2,1-4H3/b20-18+,21-19+. The predicted molar refractivity (Wildman–Crippen MR) is 112 cm³/mol. The van der Waals surface area contributed by atoms with Crippen molar-refractivity contribution in [2.45, 2.75) is 111 Å². The van der Waals surface area contributed by atoms with Gasteiger partial charge in [0.1, 0.15) is 0 Å². The first-order valence-electron chi connectivity index (χ1n) is 9.70. The Balaban J connectivity index is 4.58. The van der Waals surface area contributed by atoms with E-state index in [9.17, 15) is 0 Å². The summed E-state index contributed by atoms with van der Waals surface area (Å²) in [7, 11) is 0. The number of hydrogen-bond acceptors (Lipinski definition) is 0. The molecule has 0 aromatic carbocycles. The van der Waals surface area contributed by atoms with Crippen molar-refractivity contribution >= 4 is 22.6 Å². The van der Waals surface area contributed by atoms with Crippen molar-refractivity contribution in [1.29, 1.82) is 0 Å². The van der Waals surface area contributed by atoms with E-state index in [1.807, 2.05) is 0 Å². The van der Waals surface area contributed by atoms with Crippen LogP contribution in [0.1, 0.15) is 111 Å². The maximum Gasteiger partial charge on any atom is -0.00931 e. The molecule has 0 aliphatic heterocycles. The van der Waals surface area contributed by atoms with Crippen LogP contribution in [-0.4, -0.2) is 0 Å². The molecule has 0 aliphatic carbocycles. The largest absolute Gasteiger partial charge is 0.0699 e. The molecule has 0 rings (SSSR count). The fourth-order valence-corrected chi connectivity index (χ4v) is 3.21. The number of allylic oxidation sites excluding steroid dienone is 4. The van der Waals surface area contributed by atoms with Crippen molar-refractivity contribution in [2.75, 3.05) is 0 Å². The van der Waals surface area contributed by atoms with Crippen molar-refractivity contribution in [3.8, 4) is 0 Å². The van der Waals surface area contributed by atoms with E-state index in [2.05, 4.69) is 56.4 Å². The highest BCUT2D eigenvalue weighted by atomic mass is 127. The zero-order valence-electron chi connectivity index (χ0n) is 15.6. The first-order valence-corrected chi connectivity index (χ1v) is 10.8. The molecule has 0 aromatic heterocycles. The Kier molecular flexibility index (Phi) is 16.2. The Hall–Kier alpha value is 0.210. The van der Waals surface area contributed by atoms with Gasteiger partial charge in [0.15, 0.2) is 0 Å². The first kappa shape index (κ1) is 22.2. The number of hydrogen-bond donors (Lipinski definition) is 0. The van der Waals surface area contributed by atoms with Crippen molar-refractivity contribution < 1.29 is 0 Å². The molecule has 0 fully saturated rings. The van der Waals surface area contributed by atoms with Crippen LogP contribution in [0.4, 0.5) is 0 Å². The lowest BCUT2D eigenvalue weighted by Gasteiger charge is -2.11. The highest BCUT2D eigenvalue weighted by molar-refractivity contribution is 14.1. The third kappa shape index (κ3) is 12.7. The van der Waals surface area contributed by atoms with Crippen LogP contribution >= 0.6 is 22.6 Å². The molecular weight excluding hydrogens is 379 g/mol. The third-order valence-corrected chi connectivity index (χ3v) is 5.02. The fourth-order valence-electron chi connectivity index (χ4n) is 2.78. The Bertz CT molecular complexity index is 308. The molecule has 0 atom stereocenters. The molecule has 1 heteroatoms. The predicted octanol–water partition coefficient (Wildman–Crippen LogP) is 8.75. The third-order valence-electron chi connectivity index (χ3n) is 4.32. The van der Waals surface area contributed by atoms with Crippen LogP contribution in [0, 0.1) is 0 Å². The van der Waals surface area contributed by atoms with Crippen LogP contribution in [0.25, 0.3) is 0 Å². The molecular formula is C21H39I. The molecule has 0 heterocycles. The minimum atomic E-state index is 1.28. The van der Waals surface area contributed by atoms with E-state index in [0.29, 0.717) is 0 Å². The van der Waals surface area contributed by atoms with Crippen LogP contribution in [0.15, 0.2) is 20.8 Å². The highest BCUT2D eigenvalue weighted by Crippen LogP contribution is 2.25. The minimum absolute atomic E-state index is 1.28. The summed E-state index contributed by atoms with van der Waals surface area (Å²) in [5, 5.41) is 0. The average molecular weight is 418 g/mol. The Labute approximate surface area is 154 Å². The summed E-state index contributed by atoms with van der Waals surface area (Å²) in [6, 6.07) is 0. The summed E-state index contributed by atoms with van der Waals surface area (Å²) >= 11 is 2.52. The van der Waals surface area contributed by atoms with Crippen molar-refractivity contribution in [2.24, 2.45) is 0 Å². The van der Waals surface area contributed by atoms with Gasteiger partial charge in [-0.25, -0.2) is 0 Å². The maximum atomic E-state index is 2.56. The molecule has 0 aliphatic rings. The molecule has 0 saturated carbocycles. The van der Waals surface area contributed by atoms with Crippen molar-refractivity contribution in [1.82, 2.24) is 0 Å². The van der Waals surface area contributed by atoms with E-state index in [1.54, 1.807) is 11.1 Å². The monoisotopic (exact) mass is 418 g/mol. The van der Waals surface area contributed by atoms with Gasteiger partial charge >= 0.3 is 0 Å². The van der Waals surface area contributed by atoms with Gasteiger partial charge in [0.2, 0.25) is 0 Å². The summed E-state index contributed by atoms with van der Waals surface area (Å²) in [6.07, 6.45) is 20.1. The van der Waals surface area contributed by atoms with Crippen LogP contribution < -0.4 is 0 Å². The van der Waals surface area contributed by atoms with E-state index < -0.39 is 0 Å². The maximum absolute atomic E-state index is 2.56. The molecule has 0 spiro atoms. The van der Waals surface area contributed by atoms with Gasteiger partial charge < -0.3 is 0 Å². The Morgan fingerprint density at radius 1 is 0.682 bits per heavy atom. The smallest absolute Gasteiger partial charge is 0.00931 e. The zero-order valence-corrected chi connectivity index (χ0v) is 17.8. The van der Waals surface area contributed by atoms with Crippen LogP contribution in [-0.2, 0) is 0 Å². The summed E-state index contributed by atoms with van der Waals surface area (Å²) < 4.78 is 1.50. The topological polar surface area (TPSA) is 0 Å². The second kappa shape index (κ2) is 16.1. The van der Waals surface area contributed by atoms with Gasteiger partial charge in [-0.15, -0.1) is 0 Å². The second-order valence-electron chi connectivity index (χ2n) is 6.59. The summed E-state index contributed by atoms with van der Waals surface area (Å²) in [4.78, 5) is 0. The fraction of sp³-hybridized carbons (Fsp3) is 0.810. The molecule has 0 aromatic rings. The van der Waals surface area contributed by atoms with Crippen LogP contribution in [0.3, 0.4) is 0 Å². The van der Waals surface area contributed by atoms with E-state index in [4.69, 9.17) is 0 Å². The molecule has 0 nitrogen and oxygen atoms in total. The number of rotatable bonds is 14. The minimum Gasteiger partial charge on any atom is -0.0699 e. The van der Waals surface area contributed by atoms with Gasteiger partial charge in [-0.05, 0) is 77.2 Å². The number of halogens is 1. The molecule has 22 heavy (non-hydrogen) atoms. The van der Waals surface area contributed by atoms with Gasteiger partial charge in [0.25, 0.3) is 0 Å². The van der Waals surface area contributed by atoms with E-state index in [0.717, 1.165) is 0 Å². The SMILES string of the molecule is CCCCCC/C(=C/C(CCCCCC)=C(\C)I)CCCC. The molecule has 0 amide bonds.